The summed E-state index contributed by atoms with van der Waals surface area (Å²) in [5.41, 5.74) is 7.64. The topological polar surface area (TPSA) is 82.2 Å². The monoisotopic (exact) mass is 260 g/mol. The van der Waals surface area contributed by atoms with Crippen LogP contribution in [-0.2, 0) is 11.3 Å². The van der Waals surface area contributed by atoms with Crippen LogP contribution in [0.4, 0.5) is 5.69 Å². The molecular formula is C14H20N4O. The number of nitrogens with two attached hydrogens (primary N) is 1. The summed E-state index contributed by atoms with van der Waals surface area (Å²) in [7, 11) is 0. The fourth-order valence-electron chi connectivity index (χ4n) is 1.70. The minimum atomic E-state index is -0.148. The van der Waals surface area contributed by atoms with E-state index in [1.54, 1.807) is 0 Å². The second-order valence-electron chi connectivity index (χ2n) is 4.63. The average molecular weight is 260 g/mol. The number of para-hydroxylation sites is 1. The van der Waals surface area contributed by atoms with Crippen LogP contribution in [0.2, 0.25) is 0 Å². The van der Waals surface area contributed by atoms with Crippen molar-refractivity contribution in [2.75, 3.05) is 18.8 Å². The van der Waals surface area contributed by atoms with Crippen LogP contribution >= 0.6 is 0 Å². The minimum Gasteiger partial charge on any atom is -0.398 e. The fraction of sp³-hybridized carbons (Fsp3) is 0.429. The van der Waals surface area contributed by atoms with Crippen molar-refractivity contribution in [3.8, 4) is 6.07 Å². The Morgan fingerprint density at radius 1 is 1.47 bits per heavy atom. The highest BCUT2D eigenvalue weighted by Gasteiger charge is 2.15. The third-order valence-electron chi connectivity index (χ3n) is 2.87. The molecule has 0 aliphatic heterocycles. The predicted octanol–water partition coefficient (Wildman–Crippen LogP) is 1.12. The molecule has 0 radical (unpaired) electrons. The highest BCUT2D eigenvalue weighted by atomic mass is 16.2. The molecule has 1 rings (SSSR count). The molecule has 1 amide bonds. The molecule has 5 nitrogen and oxygen atoms in total. The lowest BCUT2D eigenvalue weighted by atomic mass is 10.1. The number of anilines is 1. The van der Waals surface area contributed by atoms with Gasteiger partial charge >= 0.3 is 0 Å². The SMILES string of the molecule is CC(C)N(CC(=O)NCC#N)Cc1ccccc1N. The molecule has 0 bridgehead atoms. The molecule has 102 valence electrons. The van der Waals surface area contributed by atoms with Crippen LogP contribution in [0.1, 0.15) is 19.4 Å². The molecule has 0 atom stereocenters. The van der Waals surface area contributed by atoms with E-state index >= 15 is 0 Å². The van der Waals surface area contributed by atoms with Gasteiger partial charge in [-0.15, -0.1) is 0 Å². The summed E-state index contributed by atoms with van der Waals surface area (Å²) < 4.78 is 0. The van der Waals surface area contributed by atoms with Gasteiger partial charge in [0.15, 0.2) is 0 Å². The number of hydrogen-bond acceptors (Lipinski definition) is 4. The van der Waals surface area contributed by atoms with Crippen molar-refractivity contribution in [1.29, 1.82) is 5.26 Å². The van der Waals surface area contributed by atoms with Crippen molar-refractivity contribution in [1.82, 2.24) is 10.2 Å². The van der Waals surface area contributed by atoms with E-state index in [-0.39, 0.29) is 25.0 Å². The smallest absolute Gasteiger partial charge is 0.235 e. The van der Waals surface area contributed by atoms with Crippen molar-refractivity contribution in [2.24, 2.45) is 0 Å². The van der Waals surface area contributed by atoms with Gasteiger partial charge in [-0.05, 0) is 25.5 Å². The zero-order chi connectivity index (χ0) is 14.3. The Labute approximate surface area is 114 Å². The Hall–Kier alpha value is -2.06. The van der Waals surface area contributed by atoms with Gasteiger partial charge in [0.05, 0.1) is 12.6 Å². The summed E-state index contributed by atoms with van der Waals surface area (Å²) in [6.07, 6.45) is 0. The van der Waals surface area contributed by atoms with Gasteiger partial charge in [0.25, 0.3) is 0 Å². The third-order valence-corrected chi connectivity index (χ3v) is 2.87. The van der Waals surface area contributed by atoms with Crippen LogP contribution in [0.25, 0.3) is 0 Å². The first kappa shape index (κ1) is 15.0. The molecule has 0 aliphatic carbocycles. The second kappa shape index (κ2) is 7.39. The number of nitrogens with one attached hydrogen (secondary N) is 1. The van der Waals surface area contributed by atoms with Crippen LogP contribution in [0.5, 0.6) is 0 Å². The number of carbonyl (C=O) groups excluding carboxylic acids is 1. The molecule has 0 saturated heterocycles. The van der Waals surface area contributed by atoms with Crippen molar-refractivity contribution < 1.29 is 4.79 Å². The van der Waals surface area contributed by atoms with Gasteiger partial charge in [-0.25, -0.2) is 0 Å². The molecule has 0 aliphatic rings. The number of carbonyl (C=O) groups is 1. The zero-order valence-electron chi connectivity index (χ0n) is 11.4. The van der Waals surface area contributed by atoms with Crippen LogP contribution in [0.3, 0.4) is 0 Å². The van der Waals surface area contributed by atoms with E-state index in [9.17, 15) is 4.79 Å². The van der Waals surface area contributed by atoms with E-state index in [1.807, 2.05) is 49.1 Å². The highest BCUT2D eigenvalue weighted by molar-refractivity contribution is 5.78. The molecule has 3 N–H and O–H groups in total. The second-order valence-corrected chi connectivity index (χ2v) is 4.63. The number of nitriles is 1. The molecule has 0 heterocycles. The number of hydrogen-bond donors (Lipinski definition) is 2. The lowest BCUT2D eigenvalue weighted by Crippen LogP contribution is -2.40. The van der Waals surface area contributed by atoms with Crippen molar-refractivity contribution >= 4 is 11.6 Å². The molecule has 5 heteroatoms. The summed E-state index contributed by atoms with van der Waals surface area (Å²) in [5, 5.41) is 11.0. The molecule has 0 fully saturated rings. The normalized spacial score (nSPS) is 10.5. The standard InChI is InChI=1S/C14H20N4O/c1-11(2)18(10-14(19)17-8-7-15)9-12-5-3-4-6-13(12)16/h3-6,11H,8-10,16H2,1-2H3,(H,17,19). The van der Waals surface area contributed by atoms with E-state index in [0.29, 0.717) is 6.54 Å². The zero-order valence-corrected chi connectivity index (χ0v) is 11.4. The first-order valence-corrected chi connectivity index (χ1v) is 6.25. The maximum Gasteiger partial charge on any atom is 0.235 e. The van der Waals surface area contributed by atoms with Gasteiger partial charge in [0, 0.05) is 18.3 Å². The van der Waals surface area contributed by atoms with Gasteiger partial charge in [0.2, 0.25) is 5.91 Å². The van der Waals surface area contributed by atoms with Crippen LogP contribution in [0.15, 0.2) is 24.3 Å². The third kappa shape index (κ3) is 4.98. The molecule has 0 spiro atoms. The summed E-state index contributed by atoms with van der Waals surface area (Å²) in [6.45, 7) is 4.96. The lowest BCUT2D eigenvalue weighted by molar-refractivity contribution is -0.122. The Kier molecular flexibility index (Phi) is 5.83. The first-order chi connectivity index (χ1) is 9.04. The average Bonchev–Trinajstić information content (AvgIpc) is 2.38. The van der Waals surface area contributed by atoms with Gasteiger partial charge in [-0.2, -0.15) is 5.26 Å². The molecule has 0 saturated carbocycles. The number of nitrogen functional groups attached to an aromatic ring is 1. The van der Waals surface area contributed by atoms with Crippen molar-refractivity contribution in [3.63, 3.8) is 0 Å². The Bertz CT molecular complexity index is 465. The highest BCUT2D eigenvalue weighted by Crippen LogP contribution is 2.14. The first-order valence-electron chi connectivity index (χ1n) is 6.25. The summed E-state index contributed by atoms with van der Waals surface area (Å²) in [5.74, 6) is -0.148. The number of rotatable bonds is 6. The van der Waals surface area contributed by atoms with E-state index in [1.165, 1.54) is 0 Å². The maximum absolute atomic E-state index is 11.7. The Balaban J connectivity index is 2.66. The number of nitrogens with zero attached hydrogens (tertiary/aromatic N) is 2. The van der Waals surface area contributed by atoms with Crippen LogP contribution in [-0.4, -0.2) is 29.9 Å². The van der Waals surface area contributed by atoms with Gasteiger partial charge < -0.3 is 11.1 Å². The quantitative estimate of drug-likeness (QED) is 0.593. The Morgan fingerprint density at radius 3 is 2.74 bits per heavy atom. The predicted molar refractivity (Wildman–Crippen MR) is 75.0 cm³/mol. The molecule has 1 aromatic carbocycles. The van der Waals surface area contributed by atoms with Crippen LogP contribution in [0, 0.1) is 11.3 Å². The molecule has 1 aromatic rings. The maximum atomic E-state index is 11.7. The Morgan fingerprint density at radius 2 is 2.16 bits per heavy atom. The van der Waals surface area contributed by atoms with E-state index in [2.05, 4.69) is 5.32 Å². The number of amides is 1. The molecule has 0 unspecified atom stereocenters. The molecule has 19 heavy (non-hydrogen) atoms. The van der Waals surface area contributed by atoms with E-state index < -0.39 is 0 Å². The van der Waals surface area contributed by atoms with Gasteiger partial charge in [0.1, 0.15) is 6.54 Å². The van der Waals surface area contributed by atoms with Crippen molar-refractivity contribution in [2.45, 2.75) is 26.4 Å². The fourth-order valence-corrected chi connectivity index (χ4v) is 1.70. The summed E-state index contributed by atoms with van der Waals surface area (Å²) >= 11 is 0. The van der Waals surface area contributed by atoms with E-state index in [4.69, 9.17) is 11.0 Å². The molecule has 0 aromatic heterocycles. The largest absolute Gasteiger partial charge is 0.398 e. The van der Waals surface area contributed by atoms with Gasteiger partial charge in [-0.3, -0.25) is 9.69 Å². The summed E-state index contributed by atoms with van der Waals surface area (Å²) in [6, 6.07) is 9.73. The summed E-state index contributed by atoms with van der Waals surface area (Å²) in [4.78, 5) is 13.7. The van der Waals surface area contributed by atoms with E-state index in [0.717, 1.165) is 11.3 Å². The number of benzene rings is 1. The molecular weight excluding hydrogens is 240 g/mol. The lowest BCUT2D eigenvalue weighted by Gasteiger charge is -2.26. The van der Waals surface area contributed by atoms with Crippen molar-refractivity contribution in [3.05, 3.63) is 29.8 Å². The minimum absolute atomic E-state index is 0.0399. The van der Waals surface area contributed by atoms with Gasteiger partial charge in [-0.1, -0.05) is 18.2 Å². The van der Waals surface area contributed by atoms with Crippen LogP contribution < -0.4 is 11.1 Å².